The molecule has 0 aromatic carbocycles. The van der Waals surface area contributed by atoms with Crippen LogP contribution < -0.4 is 5.32 Å². The number of amides is 1. The minimum Gasteiger partial charge on any atom is -0.377 e. The fourth-order valence-electron chi connectivity index (χ4n) is 3.83. The molecule has 0 bridgehead atoms. The van der Waals surface area contributed by atoms with E-state index in [1.165, 1.54) is 25.7 Å². The predicted molar refractivity (Wildman–Crippen MR) is 85.9 cm³/mol. The number of nitrogens with one attached hydrogen (secondary N) is 1. The molecular weight excluding hydrogens is 278 g/mol. The van der Waals surface area contributed by atoms with Crippen LogP contribution in [0.1, 0.15) is 63.6 Å². The Morgan fingerprint density at radius 3 is 2.86 bits per heavy atom. The van der Waals surface area contributed by atoms with E-state index in [2.05, 4.69) is 28.9 Å². The van der Waals surface area contributed by atoms with E-state index in [0.717, 1.165) is 37.3 Å². The van der Waals surface area contributed by atoms with E-state index < -0.39 is 0 Å². The molecule has 5 heteroatoms. The van der Waals surface area contributed by atoms with Crippen LogP contribution in [-0.2, 0) is 9.53 Å². The molecule has 1 saturated heterocycles. The van der Waals surface area contributed by atoms with Gasteiger partial charge in [0.15, 0.2) is 0 Å². The zero-order valence-corrected chi connectivity index (χ0v) is 13.7. The molecule has 122 valence electrons. The van der Waals surface area contributed by atoms with Crippen molar-refractivity contribution in [3.63, 3.8) is 0 Å². The first-order valence-corrected chi connectivity index (χ1v) is 8.67. The molecule has 2 atom stereocenters. The first-order valence-electron chi connectivity index (χ1n) is 8.67. The molecule has 2 heterocycles. The van der Waals surface area contributed by atoms with Crippen LogP contribution in [0.3, 0.4) is 0 Å². The quantitative estimate of drug-likeness (QED) is 0.927. The molecular formula is C17H27N3O2. The van der Waals surface area contributed by atoms with Crippen molar-refractivity contribution < 1.29 is 9.53 Å². The van der Waals surface area contributed by atoms with E-state index in [1.807, 2.05) is 0 Å². The summed E-state index contributed by atoms with van der Waals surface area (Å²) in [5, 5.41) is 7.59. The Bertz CT molecular complexity index is 520. The fourth-order valence-corrected chi connectivity index (χ4v) is 3.83. The number of nitrogens with zero attached hydrogens (tertiary/aromatic N) is 2. The molecule has 1 aromatic heterocycles. The van der Waals surface area contributed by atoms with Crippen LogP contribution in [0.5, 0.6) is 0 Å². The highest BCUT2D eigenvalue weighted by molar-refractivity contribution is 5.93. The minimum absolute atomic E-state index is 0.0343. The summed E-state index contributed by atoms with van der Waals surface area (Å²) in [5.41, 5.74) is 1.93. The number of hydrogen-bond donors (Lipinski definition) is 1. The Kier molecular flexibility index (Phi) is 4.81. The maximum Gasteiger partial charge on any atom is 0.230 e. The SMILES string of the molecule is CC[C@@H]1OCCC[C@@H]1C(=O)Nc1cnn(C2CCCC2)c1C. The van der Waals surface area contributed by atoms with Crippen molar-refractivity contribution in [1.82, 2.24) is 9.78 Å². The molecule has 2 fully saturated rings. The second-order valence-electron chi connectivity index (χ2n) is 6.58. The van der Waals surface area contributed by atoms with Crippen molar-refractivity contribution in [2.45, 2.75) is 70.9 Å². The Balaban J connectivity index is 1.68. The summed E-state index contributed by atoms with van der Waals surface area (Å²) in [6.45, 7) is 4.91. The maximum atomic E-state index is 12.6. The third kappa shape index (κ3) is 3.05. The summed E-state index contributed by atoms with van der Waals surface area (Å²) in [7, 11) is 0. The van der Waals surface area contributed by atoms with Crippen LogP contribution in [-0.4, -0.2) is 28.4 Å². The lowest BCUT2D eigenvalue weighted by molar-refractivity contribution is -0.129. The minimum atomic E-state index is -0.0343. The Morgan fingerprint density at radius 1 is 1.36 bits per heavy atom. The number of aromatic nitrogens is 2. The van der Waals surface area contributed by atoms with E-state index in [1.54, 1.807) is 6.20 Å². The highest BCUT2D eigenvalue weighted by atomic mass is 16.5. The number of ether oxygens (including phenoxy) is 1. The Labute approximate surface area is 132 Å². The summed E-state index contributed by atoms with van der Waals surface area (Å²) in [5.74, 6) is 0.0496. The maximum absolute atomic E-state index is 12.6. The van der Waals surface area contributed by atoms with E-state index in [4.69, 9.17) is 4.74 Å². The van der Waals surface area contributed by atoms with Gasteiger partial charge in [0, 0.05) is 6.61 Å². The van der Waals surface area contributed by atoms with Gasteiger partial charge in [-0.25, -0.2) is 0 Å². The van der Waals surface area contributed by atoms with E-state index >= 15 is 0 Å². The monoisotopic (exact) mass is 305 g/mol. The molecule has 0 unspecified atom stereocenters. The van der Waals surface area contributed by atoms with Crippen LogP contribution >= 0.6 is 0 Å². The number of rotatable bonds is 4. The molecule has 2 aliphatic rings. The van der Waals surface area contributed by atoms with Crippen molar-refractivity contribution in [1.29, 1.82) is 0 Å². The third-order valence-electron chi connectivity index (χ3n) is 5.15. The van der Waals surface area contributed by atoms with Gasteiger partial charge in [-0.15, -0.1) is 0 Å². The van der Waals surface area contributed by atoms with Crippen molar-refractivity contribution in [3.8, 4) is 0 Å². The van der Waals surface area contributed by atoms with Gasteiger partial charge in [0.2, 0.25) is 5.91 Å². The Morgan fingerprint density at radius 2 is 2.14 bits per heavy atom. The first-order chi connectivity index (χ1) is 10.7. The van der Waals surface area contributed by atoms with Gasteiger partial charge in [0.25, 0.3) is 0 Å². The Hall–Kier alpha value is -1.36. The molecule has 0 spiro atoms. The van der Waals surface area contributed by atoms with Gasteiger partial charge in [-0.3, -0.25) is 9.48 Å². The van der Waals surface area contributed by atoms with Gasteiger partial charge in [-0.1, -0.05) is 19.8 Å². The summed E-state index contributed by atoms with van der Waals surface area (Å²) in [4.78, 5) is 12.6. The van der Waals surface area contributed by atoms with Crippen molar-refractivity contribution in [2.75, 3.05) is 11.9 Å². The standard InChI is InChI=1S/C17H27N3O2/c1-3-16-14(9-6-10-22-16)17(21)19-15-11-18-20(12(15)2)13-7-4-5-8-13/h11,13-14,16H,3-10H2,1-2H3,(H,19,21)/t14-,16-/m0/s1. The number of carbonyl (C=O) groups is 1. The molecule has 1 aromatic rings. The van der Waals surface area contributed by atoms with Gasteiger partial charge in [0.05, 0.1) is 35.6 Å². The van der Waals surface area contributed by atoms with Crippen LogP contribution in [0.4, 0.5) is 5.69 Å². The van der Waals surface area contributed by atoms with E-state index in [-0.39, 0.29) is 17.9 Å². The zero-order valence-electron chi connectivity index (χ0n) is 13.7. The normalized spacial score (nSPS) is 26.3. The van der Waals surface area contributed by atoms with E-state index in [9.17, 15) is 4.79 Å². The van der Waals surface area contributed by atoms with Gasteiger partial charge in [-0.2, -0.15) is 5.10 Å². The fraction of sp³-hybridized carbons (Fsp3) is 0.765. The molecule has 5 nitrogen and oxygen atoms in total. The second kappa shape index (κ2) is 6.82. The van der Waals surface area contributed by atoms with Crippen molar-refractivity contribution >= 4 is 11.6 Å². The number of carbonyl (C=O) groups excluding carboxylic acids is 1. The van der Waals surface area contributed by atoms with Crippen LogP contribution in [0.15, 0.2) is 6.20 Å². The number of anilines is 1. The molecule has 1 amide bonds. The van der Waals surface area contributed by atoms with Gasteiger partial charge < -0.3 is 10.1 Å². The molecule has 1 aliphatic carbocycles. The largest absolute Gasteiger partial charge is 0.377 e. The average molecular weight is 305 g/mol. The summed E-state index contributed by atoms with van der Waals surface area (Å²) < 4.78 is 7.83. The predicted octanol–water partition coefficient (Wildman–Crippen LogP) is 3.45. The summed E-state index contributed by atoms with van der Waals surface area (Å²) in [6.07, 6.45) is 9.59. The second-order valence-corrected chi connectivity index (χ2v) is 6.58. The van der Waals surface area contributed by atoms with Crippen molar-refractivity contribution in [3.05, 3.63) is 11.9 Å². The summed E-state index contributed by atoms with van der Waals surface area (Å²) >= 11 is 0. The lowest BCUT2D eigenvalue weighted by atomic mass is 9.92. The molecule has 1 saturated carbocycles. The molecule has 1 N–H and O–H groups in total. The molecule has 0 radical (unpaired) electrons. The van der Waals surface area contributed by atoms with Crippen LogP contribution in [0, 0.1) is 12.8 Å². The lowest BCUT2D eigenvalue weighted by Crippen LogP contribution is -2.37. The molecule has 3 rings (SSSR count). The van der Waals surface area contributed by atoms with Crippen LogP contribution in [0.25, 0.3) is 0 Å². The van der Waals surface area contributed by atoms with E-state index in [0.29, 0.717) is 6.04 Å². The van der Waals surface area contributed by atoms with Crippen molar-refractivity contribution in [2.24, 2.45) is 5.92 Å². The smallest absolute Gasteiger partial charge is 0.230 e. The zero-order chi connectivity index (χ0) is 15.5. The third-order valence-corrected chi connectivity index (χ3v) is 5.15. The summed E-state index contributed by atoms with van der Waals surface area (Å²) in [6, 6.07) is 0.507. The number of hydrogen-bond acceptors (Lipinski definition) is 3. The van der Waals surface area contributed by atoms with Gasteiger partial charge in [-0.05, 0) is 39.0 Å². The topological polar surface area (TPSA) is 56.1 Å². The van der Waals surface area contributed by atoms with Crippen LogP contribution in [0.2, 0.25) is 0 Å². The lowest BCUT2D eigenvalue weighted by Gasteiger charge is -2.30. The average Bonchev–Trinajstić information content (AvgIpc) is 3.18. The van der Waals surface area contributed by atoms with Gasteiger partial charge in [0.1, 0.15) is 0 Å². The first kappa shape index (κ1) is 15.5. The highest BCUT2D eigenvalue weighted by Crippen LogP contribution is 2.32. The molecule has 22 heavy (non-hydrogen) atoms. The highest BCUT2D eigenvalue weighted by Gasteiger charge is 2.31. The van der Waals surface area contributed by atoms with Gasteiger partial charge >= 0.3 is 0 Å². The molecule has 1 aliphatic heterocycles.